The summed E-state index contributed by atoms with van der Waals surface area (Å²) in [5, 5.41) is 0. The Bertz CT molecular complexity index is 268. The van der Waals surface area contributed by atoms with E-state index in [0.717, 1.165) is 6.42 Å². The van der Waals surface area contributed by atoms with Crippen molar-refractivity contribution in [3.05, 3.63) is 0 Å². The van der Waals surface area contributed by atoms with Crippen LogP contribution in [0.15, 0.2) is 0 Å². The van der Waals surface area contributed by atoms with Crippen LogP contribution in [0.25, 0.3) is 0 Å². The molecule has 0 N–H and O–H groups in total. The minimum absolute atomic E-state index is 0.253. The number of ether oxygens (including phenoxy) is 5. The molecule has 1 aliphatic rings. The molecule has 1 heterocycles. The van der Waals surface area contributed by atoms with Crippen LogP contribution >= 0.6 is 0 Å². The van der Waals surface area contributed by atoms with Crippen molar-refractivity contribution in [1.29, 1.82) is 0 Å². The third kappa shape index (κ3) is 4.72. The predicted octanol–water partition coefficient (Wildman–Crippen LogP) is 0.773. The van der Waals surface area contributed by atoms with Gasteiger partial charge in [-0.2, -0.15) is 0 Å². The van der Waals surface area contributed by atoms with Crippen LogP contribution in [0.1, 0.15) is 20.3 Å². The number of methoxy groups -OCH3 is 2. The van der Waals surface area contributed by atoms with Crippen molar-refractivity contribution in [2.24, 2.45) is 0 Å². The molecular weight excluding hydrogens is 252 g/mol. The van der Waals surface area contributed by atoms with E-state index in [0.29, 0.717) is 19.8 Å². The van der Waals surface area contributed by atoms with Crippen LogP contribution in [0.2, 0.25) is 0 Å². The normalized spacial score (nSPS) is 31.2. The number of carbonyl (C=O) groups excluding carboxylic acids is 1. The molecule has 1 aliphatic heterocycles. The molecule has 0 aromatic rings. The van der Waals surface area contributed by atoms with Gasteiger partial charge in [0.15, 0.2) is 6.10 Å². The lowest BCUT2D eigenvalue weighted by Crippen LogP contribution is -2.57. The van der Waals surface area contributed by atoms with E-state index in [1.54, 1.807) is 14.2 Å². The Balaban J connectivity index is 2.69. The van der Waals surface area contributed by atoms with Crippen LogP contribution in [-0.4, -0.2) is 64.4 Å². The van der Waals surface area contributed by atoms with Crippen molar-refractivity contribution in [1.82, 2.24) is 0 Å². The standard InChI is InChI=1S/C13H24O6/c1-5-6-17-7-11-13(19-9(2)14)12(16-4)10(15-3)8-18-11/h10-13H,5-8H2,1-4H3/t10-,11+,12+,13+/m0/s1. The molecule has 0 aromatic carbocycles. The lowest BCUT2D eigenvalue weighted by molar-refractivity contribution is -0.226. The van der Waals surface area contributed by atoms with Gasteiger partial charge in [0, 0.05) is 27.8 Å². The largest absolute Gasteiger partial charge is 0.457 e. The van der Waals surface area contributed by atoms with Crippen LogP contribution in [0.4, 0.5) is 0 Å². The minimum Gasteiger partial charge on any atom is -0.457 e. The van der Waals surface area contributed by atoms with Crippen molar-refractivity contribution >= 4 is 5.97 Å². The summed E-state index contributed by atoms with van der Waals surface area (Å²) in [7, 11) is 3.15. The first kappa shape index (κ1) is 16.4. The quantitative estimate of drug-likeness (QED) is 0.505. The molecule has 0 radical (unpaired) electrons. The summed E-state index contributed by atoms with van der Waals surface area (Å²) in [6.07, 6.45) is -0.515. The maximum atomic E-state index is 11.2. The van der Waals surface area contributed by atoms with Gasteiger partial charge in [-0.15, -0.1) is 0 Å². The first-order valence-electron chi connectivity index (χ1n) is 6.56. The zero-order valence-corrected chi connectivity index (χ0v) is 12.1. The Morgan fingerprint density at radius 3 is 2.53 bits per heavy atom. The molecule has 112 valence electrons. The fraction of sp³-hybridized carbons (Fsp3) is 0.923. The monoisotopic (exact) mass is 276 g/mol. The molecule has 0 unspecified atom stereocenters. The molecule has 6 heteroatoms. The Hall–Kier alpha value is -0.690. The van der Waals surface area contributed by atoms with Gasteiger partial charge in [0.25, 0.3) is 0 Å². The van der Waals surface area contributed by atoms with Crippen LogP contribution < -0.4 is 0 Å². The summed E-state index contributed by atoms with van der Waals surface area (Å²) in [4.78, 5) is 11.2. The van der Waals surface area contributed by atoms with E-state index in [9.17, 15) is 4.79 Å². The number of rotatable bonds is 7. The Kier molecular flexibility index (Phi) is 7.30. The molecule has 1 fully saturated rings. The van der Waals surface area contributed by atoms with Crippen LogP contribution in [-0.2, 0) is 28.5 Å². The fourth-order valence-corrected chi connectivity index (χ4v) is 2.14. The van der Waals surface area contributed by atoms with Crippen molar-refractivity contribution in [2.75, 3.05) is 34.0 Å². The first-order valence-corrected chi connectivity index (χ1v) is 6.56. The third-order valence-electron chi connectivity index (χ3n) is 3.04. The zero-order chi connectivity index (χ0) is 14.3. The van der Waals surface area contributed by atoms with Crippen molar-refractivity contribution in [3.63, 3.8) is 0 Å². The van der Waals surface area contributed by atoms with Crippen LogP contribution in [0.5, 0.6) is 0 Å². The summed E-state index contributed by atoms with van der Waals surface area (Å²) >= 11 is 0. The maximum Gasteiger partial charge on any atom is 0.303 e. The lowest BCUT2D eigenvalue weighted by Gasteiger charge is -2.40. The highest BCUT2D eigenvalue weighted by molar-refractivity contribution is 5.66. The third-order valence-corrected chi connectivity index (χ3v) is 3.04. The molecule has 6 nitrogen and oxygen atoms in total. The van der Waals surface area contributed by atoms with Gasteiger partial charge in [-0.25, -0.2) is 0 Å². The van der Waals surface area contributed by atoms with Gasteiger partial charge in [0.05, 0.1) is 13.2 Å². The SMILES string of the molecule is CCCOC[C@H]1OC[C@H](OC)[C@@H](OC)[C@@H]1OC(C)=O. The average molecular weight is 276 g/mol. The van der Waals surface area contributed by atoms with Gasteiger partial charge < -0.3 is 23.7 Å². The second-order valence-corrected chi connectivity index (χ2v) is 4.50. The molecular formula is C13H24O6. The van der Waals surface area contributed by atoms with Crippen molar-refractivity contribution in [3.8, 4) is 0 Å². The van der Waals surface area contributed by atoms with Gasteiger partial charge in [-0.1, -0.05) is 6.92 Å². The van der Waals surface area contributed by atoms with E-state index >= 15 is 0 Å². The van der Waals surface area contributed by atoms with E-state index in [2.05, 4.69) is 0 Å². The van der Waals surface area contributed by atoms with Crippen LogP contribution in [0.3, 0.4) is 0 Å². The van der Waals surface area contributed by atoms with E-state index in [4.69, 9.17) is 23.7 Å². The van der Waals surface area contributed by atoms with Crippen molar-refractivity contribution in [2.45, 2.75) is 44.7 Å². The fourth-order valence-electron chi connectivity index (χ4n) is 2.14. The molecule has 0 amide bonds. The molecule has 0 aromatic heterocycles. The highest BCUT2D eigenvalue weighted by Gasteiger charge is 2.43. The molecule has 0 saturated carbocycles. The molecule has 19 heavy (non-hydrogen) atoms. The summed E-state index contributed by atoms with van der Waals surface area (Å²) in [6.45, 7) is 4.82. The van der Waals surface area contributed by atoms with Gasteiger partial charge >= 0.3 is 5.97 Å². The summed E-state index contributed by atoms with van der Waals surface area (Å²) in [6, 6.07) is 0. The second-order valence-electron chi connectivity index (χ2n) is 4.50. The number of hydrogen-bond acceptors (Lipinski definition) is 6. The topological polar surface area (TPSA) is 63.2 Å². The number of esters is 1. The van der Waals surface area contributed by atoms with Gasteiger partial charge in [0.1, 0.15) is 18.3 Å². The van der Waals surface area contributed by atoms with E-state index in [1.807, 2.05) is 6.92 Å². The molecule has 0 spiro atoms. The Morgan fingerprint density at radius 1 is 1.26 bits per heavy atom. The average Bonchev–Trinajstić information content (AvgIpc) is 2.39. The van der Waals surface area contributed by atoms with E-state index in [-0.39, 0.29) is 24.3 Å². The first-order chi connectivity index (χ1) is 9.13. The van der Waals surface area contributed by atoms with Crippen LogP contribution in [0, 0.1) is 0 Å². The van der Waals surface area contributed by atoms with Gasteiger partial charge in [0.2, 0.25) is 0 Å². The summed E-state index contributed by atoms with van der Waals surface area (Å²) in [5.74, 6) is -0.368. The summed E-state index contributed by atoms with van der Waals surface area (Å²) in [5.41, 5.74) is 0. The minimum atomic E-state index is -0.516. The lowest BCUT2D eigenvalue weighted by atomic mass is 10.00. The van der Waals surface area contributed by atoms with E-state index < -0.39 is 6.10 Å². The van der Waals surface area contributed by atoms with Crippen molar-refractivity contribution < 1.29 is 28.5 Å². The van der Waals surface area contributed by atoms with Gasteiger partial charge in [-0.05, 0) is 6.42 Å². The molecule has 0 bridgehead atoms. The maximum absolute atomic E-state index is 11.2. The van der Waals surface area contributed by atoms with Gasteiger partial charge in [-0.3, -0.25) is 4.79 Å². The number of carbonyl (C=O) groups is 1. The molecule has 1 rings (SSSR count). The number of hydrogen-bond donors (Lipinski definition) is 0. The molecule has 1 saturated heterocycles. The Labute approximate surface area is 114 Å². The molecule has 4 atom stereocenters. The second kappa shape index (κ2) is 8.47. The smallest absolute Gasteiger partial charge is 0.303 e. The zero-order valence-electron chi connectivity index (χ0n) is 12.1. The predicted molar refractivity (Wildman–Crippen MR) is 68.0 cm³/mol. The summed E-state index contributed by atoms with van der Waals surface area (Å²) < 4.78 is 27.2. The Morgan fingerprint density at radius 2 is 2.00 bits per heavy atom. The highest BCUT2D eigenvalue weighted by Crippen LogP contribution is 2.23. The van der Waals surface area contributed by atoms with E-state index in [1.165, 1.54) is 6.92 Å². The highest BCUT2D eigenvalue weighted by atomic mass is 16.6. The molecule has 0 aliphatic carbocycles.